The first-order chi connectivity index (χ1) is 12.1. The molecular formula is C20H27N3O3. The number of anilines is 1. The molecule has 1 aromatic heterocycles. The molecule has 0 saturated heterocycles. The molecule has 6 heteroatoms. The summed E-state index contributed by atoms with van der Waals surface area (Å²) in [6.07, 6.45) is 4.03. The summed E-state index contributed by atoms with van der Waals surface area (Å²) in [7, 11) is 1.68. The van der Waals surface area contributed by atoms with E-state index in [1.54, 1.807) is 24.2 Å². The van der Waals surface area contributed by atoms with E-state index in [4.69, 9.17) is 4.74 Å². The minimum atomic E-state index is -0.656. The first-order valence-electron chi connectivity index (χ1n) is 8.64. The minimum absolute atomic E-state index is 0.244. The second kappa shape index (κ2) is 7.83. The Balaban J connectivity index is 2.05. The number of hydrogen-bond acceptors (Lipinski definition) is 4. The fourth-order valence-electron chi connectivity index (χ4n) is 2.88. The highest BCUT2D eigenvalue weighted by atomic mass is 16.5. The first-order valence-corrected chi connectivity index (χ1v) is 8.64. The molecule has 2 rings (SSSR count). The number of carbonyl (C=O) groups is 2. The molecule has 2 aromatic rings. The van der Waals surface area contributed by atoms with Crippen LogP contribution < -0.4 is 5.32 Å². The number of Topliss-reactive ketones (excluding diaryl/α,β-unsaturated/α-hetero) is 1. The third-order valence-corrected chi connectivity index (χ3v) is 4.50. The molecule has 140 valence electrons. The zero-order valence-electron chi connectivity index (χ0n) is 16.3. The normalized spacial score (nSPS) is 11.5. The Morgan fingerprint density at radius 2 is 1.81 bits per heavy atom. The smallest absolute Gasteiger partial charge is 0.296 e. The fraction of sp³-hybridized carbons (Fsp3) is 0.450. The lowest BCUT2D eigenvalue weighted by atomic mass is 9.96. The molecule has 1 amide bonds. The van der Waals surface area contributed by atoms with Crippen molar-refractivity contribution >= 4 is 17.4 Å². The van der Waals surface area contributed by atoms with Crippen LogP contribution >= 0.6 is 0 Å². The minimum Gasteiger partial charge on any atom is -0.379 e. The van der Waals surface area contributed by atoms with E-state index in [9.17, 15) is 9.59 Å². The standard InChI is InChI=1S/C20H27N3O3/c1-13-9-14(2)17(15(3)10-13)18(24)19(25)22-16-11-21-23(12-16)8-7-20(4,5)26-6/h9-12H,7-8H2,1-6H3,(H,22,25). The van der Waals surface area contributed by atoms with Gasteiger partial charge in [-0.15, -0.1) is 0 Å². The number of amides is 1. The topological polar surface area (TPSA) is 73.2 Å². The van der Waals surface area contributed by atoms with Gasteiger partial charge in [-0.3, -0.25) is 14.3 Å². The van der Waals surface area contributed by atoms with Crippen LogP contribution in [0.2, 0.25) is 0 Å². The van der Waals surface area contributed by atoms with Crippen LogP contribution in [0.15, 0.2) is 24.5 Å². The van der Waals surface area contributed by atoms with Crippen LogP contribution in [0.4, 0.5) is 5.69 Å². The third-order valence-electron chi connectivity index (χ3n) is 4.50. The highest BCUT2D eigenvalue weighted by Crippen LogP contribution is 2.18. The Kier molecular flexibility index (Phi) is 5.97. The molecule has 0 aliphatic carbocycles. The average molecular weight is 357 g/mol. The molecule has 1 heterocycles. The number of carbonyl (C=O) groups excluding carboxylic acids is 2. The Labute approximate surface area is 154 Å². The maximum Gasteiger partial charge on any atom is 0.296 e. The number of hydrogen-bond donors (Lipinski definition) is 1. The highest BCUT2D eigenvalue weighted by molar-refractivity contribution is 6.47. The Bertz CT molecular complexity index is 798. The predicted molar refractivity (Wildman–Crippen MR) is 102 cm³/mol. The molecule has 0 atom stereocenters. The van der Waals surface area contributed by atoms with Crippen LogP contribution in [-0.4, -0.2) is 34.2 Å². The molecule has 6 nitrogen and oxygen atoms in total. The number of nitrogens with zero attached hydrogens (tertiary/aromatic N) is 2. The van der Waals surface area contributed by atoms with Gasteiger partial charge in [0.1, 0.15) is 0 Å². The summed E-state index contributed by atoms with van der Waals surface area (Å²) in [5.41, 5.74) is 3.40. The van der Waals surface area contributed by atoms with Crippen molar-refractivity contribution in [3.63, 3.8) is 0 Å². The number of methoxy groups -OCH3 is 1. The fourth-order valence-corrected chi connectivity index (χ4v) is 2.88. The van der Waals surface area contributed by atoms with E-state index in [0.717, 1.165) is 23.1 Å². The van der Waals surface area contributed by atoms with E-state index in [-0.39, 0.29) is 5.60 Å². The molecule has 0 unspecified atom stereocenters. The van der Waals surface area contributed by atoms with Gasteiger partial charge in [-0.1, -0.05) is 17.7 Å². The van der Waals surface area contributed by atoms with Crippen molar-refractivity contribution in [2.24, 2.45) is 0 Å². The van der Waals surface area contributed by atoms with Gasteiger partial charge in [-0.05, 0) is 52.2 Å². The van der Waals surface area contributed by atoms with Gasteiger partial charge in [0, 0.05) is 25.4 Å². The summed E-state index contributed by atoms with van der Waals surface area (Å²) in [6, 6.07) is 3.81. The first kappa shape index (κ1) is 19.8. The summed E-state index contributed by atoms with van der Waals surface area (Å²) in [5.74, 6) is -1.19. The van der Waals surface area contributed by atoms with E-state index in [2.05, 4.69) is 10.4 Å². The summed E-state index contributed by atoms with van der Waals surface area (Å²) in [4.78, 5) is 24.9. The highest BCUT2D eigenvalue weighted by Gasteiger charge is 2.21. The van der Waals surface area contributed by atoms with Gasteiger partial charge >= 0.3 is 0 Å². The monoisotopic (exact) mass is 357 g/mol. The zero-order chi connectivity index (χ0) is 19.5. The van der Waals surface area contributed by atoms with E-state index in [1.165, 1.54) is 0 Å². The predicted octanol–water partition coefficient (Wildman–Crippen LogP) is 3.44. The number of ketones is 1. The largest absolute Gasteiger partial charge is 0.379 e. The molecule has 1 N–H and O–H groups in total. The molecule has 0 saturated carbocycles. The maximum absolute atomic E-state index is 12.5. The zero-order valence-corrected chi connectivity index (χ0v) is 16.3. The summed E-state index contributed by atoms with van der Waals surface area (Å²) >= 11 is 0. The number of aromatic nitrogens is 2. The van der Waals surface area contributed by atoms with Gasteiger partial charge in [0.2, 0.25) is 0 Å². The second-order valence-corrected chi connectivity index (χ2v) is 7.26. The Hall–Kier alpha value is -2.47. The quantitative estimate of drug-likeness (QED) is 0.608. The van der Waals surface area contributed by atoms with E-state index >= 15 is 0 Å². The number of rotatable bonds is 7. The van der Waals surface area contributed by atoms with Crippen molar-refractivity contribution in [1.82, 2.24) is 9.78 Å². The molecule has 26 heavy (non-hydrogen) atoms. The molecule has 0 aliphatic heterocycles. The lowest BCUT2D eigenvalue weighted by molar-refractivity contribution is -0.112. The number of aryl methyl sites for hydroxylation is 4. The lowest BCUT2D eigenvalue weighted by Gasteiger charge is -2.22. The van der Waals surface area contributed by atoms with E-state index in [1.807, 2.05) is 46.8 Å². The van der Waals surface area contributed by atoms with Crippen molar-refractivity contribution in [2.45, 2.75) is 53.2 Å². The number of ether oxygens (including phenoxy) is 1. The molecule has 0 aliphatic rings. The Morgan fingerprint density at radius 3 is 2.38 bits per heavy atom. The van der Waals surface area contributed by atoms with Crippen molar-refractivity contribution < 1.29 is 14.3 Å². The summed E-state index contributed by atoms with van der Waals surface area (Å²) in [6.45, 7) is 10.3. The van der Waals surface area contributed by atoms with Crippen LogP contribution in [0.5, 0.6) is 0 Å². The molecule has 0 bridgehead atoms. The van der Waals surface area contributed by atoms with Gasteiger partial charge in [0.05, 0.1) is 17.5 Å². The lowest BCUT2D eigenvalue weighted by Crippen LogP contribution is -2.25. The molecule has 0 fully saturated rings. The van der Waals surface area contributed by atoms with E-state index < -0.39 is 11.7 Å². The SMILES string of the molecule is COC(C)(C)CCn1cc(NC(=O)C(=O)c2c(C)cc(C)cc2C)cn1. The van der Waals surface area contributed by atoms with Gasteiger partial charge in [0.15, 0.2) is 0 Å². The van der Waals surface area contributed by atoms with Crippen molar-refractivity contribution in [3.05, 3.63) is 46.8 Å². The number of nitrogens with one attached hydrogen (secondary N) is 1. The summed E-state index contributed by atoms with van der Waals surface area (Å²) in [5, 5.41) is 6.86. The van der Waals surface area contributed by atoms with Crippen LogP contribution in [0.3, 0.4) is 0 Å². The van der Waals surface area contributed by atoms with Crippen LogP contribution in [0, 0.1) is 20.8 Å². The number of benzene rings is 1. The molecule has 1 aromatic carbocycles. The van der Waals surface area contributed by atoms with Crippen LogP contribution in [-0.2, 0) is 16.1 Å². The Morgan fingerprint density at radius 1 is 1.19 bits per heavy atom. The van der Waals surface area contributed by atoms with Gasteiger partial charge in [-0.2, -0.15) is 5.10 Å². The molecule has 0 spiro atoms. The summed E-state index contributed by atoms with van der Waals surface area (Å²) < 4.78 is 7.11. The van der Waals surface area contributed by atoms with Gasteiger partial charge in [-0.25, -0.2) is 0 Å². The molecule has 0 radical (unpaired) electrons. The van der Waals surface area contributed by atoms with Gasteiger partial charge < -0.3 is 10.1 Å². The van der Waals surface area contributed by atoms with Crippen LogP contribution in [0.1, 0.15) is 47.3 Å². The van der Waals surface area contributed by atoms with Crippen molar-refractivity contribution in [2.75, 3.05) is 12.4 Å². The van der Waals surface area contributed by atoms with Crippen LogP contribution in [0.25, 0.3) is 0 Å². The maximum atomic E-state index is 12.5. The van der Waals surface area contributed by atoms with E-state index in [0.29, 0.717) is 17.8 Å². The van der Waals surface area contributed by atoms with Crippen molar-refractivity contribution in [1.29, 1.82) is 0 Å². The molecular weight excluding hydrogens is 330 g/mol. The average Bonchev–Trinajstić information content (AvgIpc) is 2.99. The van der Waals surface area contributed by atoms with Crippen molar-refractivity contribution in [3.8, 4) is 0 Å². The third kappa shape index (κ3) is 4.79. The second-order valence-electron chi connectivity index (χ2n) is 7.26. The van der Waals surface area contributed by atoms with Gasteiger partial charge in [0.25, 0.3) is 11.7 Å².